The van der Waals surface area contributed by atoms with Crippen LogP contribution in [0.25, 0.3) is 0 Å². The van der Waals surface area contributed by atoms with E-state index in [1.54, 1.807) is 21.3 Å². The maximum atomic E-state index is 5.41. The molecule has 5 nitrogen and oxygen atoms in total. The van der Waals surface area contributed by atoms with E-state index < -0.39 is 8.80 Å². The predicted octanol–water partition coefficient (Wildman–Crippen LogP) is 3.57. The van der Waals surface area contributed by atoms with E-state index in [9.17, 15) is 0 Å². The lowest BCUT2D eigenvalue weighted by Gasteiger charge is -2.24. The summed E-state index contributed by atoms with van der Waals surface area (Å²) in [7, 11) is 2.63. The van der Waals surface area contributed by atoms with Crippen LogP contribution in [-0.4, -0.2) is 56.3 Å². The quantitative estimate of drug-likeness (QED) is 0.272. The number of nitrogens with one attached hydrogen (secondary N) is 2. The zero-order chi connectivity index (χ0) is 17.9. The van der Waals surface area contributed by atoms with Gasteiger partial charge in [-0.05, 0) is 25.9 Å². The van der Waals surface area contributed by atoms with Crippen molar-refractivity contribution in [1.82, 2.24) is 10.6 Å². The first-order valence-corrected chi connectivity index (χ1v) is 11.7. The third kappa shape index (κ3) is 13.3. The molecule has 0 fully saturated rings. The lowest BCUT2D eigenvalue weighted by atomic mass is 10.1. The molecule has 0 amide bonds. The van der Waals surface area contributed by atoms with Crippen LogP contribution in [0.3, 0.4) is 0 Å². The van der Waals surface area contributed by atoms with Gasteiger partial charge in [0.15, 0.2) is 0 Å². The molecule has 0 atom stereocenters. The average Bonchev–Trinajstić information content (AvgIpc) is 2.62. The summed E-state index contributed by atoms with van der Waals surface area (Å²) in [6.45, 7) is 6.44. The minimum atomic E-state index is -2.38. The molecule has 0 aliphatic carbocycles. The summed E-state index contributed by atoms with van der Waals surface area (Å²) in [4.78, 5) is 0. The Kier molecular flexibility index (Phi) is 17.8. The molecule has 0 aromatic carbocycles. The first-order chi connectivity index (χ1) is 11.7. The highest BCUT2D eigenvalue weighted by Crippen LogP contribution is 2.14. The first kappa shape index (κ1) is 24.0. The van der Waals surface area contributed by atoms with Gasteiger partial charge >= 0.3 is 8.80 Å². The van der Waals surface area contributed by atoms with Crippen LogP contribution < -0.4 is 10.6 Å². The van der Waals surface area contributed by atoms with Crippen molar-refractivity contribution in [2.24, 2.45) is 0 Å². The van der Waals surface area contributed by atoms with Gasteiger partial charge in [0.1, 0.15) is 0 Å². The summed E-state index contributed by atoms with van der Waals surface area (Å²) >= 11 is 0. The van der Waals surface area contributed by atoms with Gasteiger partial charge in [0.25, 0.3) is 0 Å². The van der Waals surface area contributed by atoms with Gasteiger partial charge in [-0.15, -0.1) is 0 Å². The Morgan fingerprint density at radius 2 is 1.04 bits per heavy atom. The molecule has 0 aromatic rings. The molecule has 0 bridgehead atoms. The summed E-state index contributed by atoms with van der Waals surface area (Å²) in [6.07, 6.45) is 12.1. The van der Waals surface area contributed by atoms with Gasteiger partial charge in [-0.1, -0.05) is 51.9 Å². The van der Waals surface area contributed by atoms with Gasteiger partial charge in [-0.25, -0.2) is 0 Å². The van der Waals surface area contributed by atoms with Crippen molar-refractivity contribution in [2.75, 3.05) is 47.5 Å². The normalized spacial score (nSPS) is 12.0. The van der Waals surface area contributed by atoms with E-state index in [1.807, 2.05) is 0 Å². The fraction of sp³-hybridized carbons (Fsp3) is 1.00. The smallest absolute Gasteiger partial charge is 0.377 e. The summed E-state index contributed by atoms with van der Waals surface area (Å²) in [5, 5.41) is 6.96. The fourth-order valence-electron chi connectivity index (χ4n) is 2.80. The summed E-state index contributed by atoms with van der Waals surface area (Å²) < 4.78 is 16.2. The molecule has 0 spiro atoms. The van der Waals surface area contributed by atoms with Gasteiger partial charge in [-0.3, -0.25) is 0 Å². The van der Waals surface area contributed by atoms with Crippen LogP contribution >= 0.6 is 0 Å². The monoisotopic (exact) mass is 362 g/mol. The minimum absolute atomic E-state index is 0.856. The van der Waals surface area contributed by atoms with Gasteiger partial charge in [-0.2, -0.15) is 0 Å². The van der Waals surface area contributed by atoms with Crippen LogP contribution in [0, 0.1) is 0 Å². The van der Waals surface area contributed by atoms with Crippen LogP contribution in [0.5, 0.6) is 0 Å². The molecular weight excluding hydrogens is 320 g/mol. The second kappa shape index (κ2) is 17.8. The first-order valence-electron chi connectivity index (χ1n) is 9.81. The van der Waals surface area contributed by atoms with E-state index in [1.165, 1.54) is 51.4 Å². The molecular formula is C18H42N2O3Si. The standard InChI is InChI=1S/C18H42N2O3Si/c1-5-6-7-8-9-10-11-12-14-19-16-17-20-15-13-18-24(21-2,22-3)23-4/h19-20H,5-18H2,1-4H3. The van der Waals surface area contributed by atoms with Crippen molar-refractivity contribution in [3.05, 3.63) is 0 Å². The molecule has 0 saturated heterocycles. The molecule has 0 radical (unpaired) electrons. The second-order valence-electron chi connectivity index (χ2n) is 6.37. The lowest BCUT2D eigenvalue weighted by molar-refractivity contribution is 0.123. The highest BCUT2D eigenvalue weighted by Gasteiger charge is 2.36. The van der Waals surface area contributed by atoms with Crippen LogP contribution in [0.1, 0.15) is 64.7 Å². The third-order valence-corrected chi connectivity index (χ3v) is 7.29. The van der Waals surface area contributed by atoms with Crippen molar-refractivity contribution >= 4 is 8.80 Å². The molecule has 24 heavy (non-hydrogen) atoms. The van der Waals surface area contributed by atoms with Crippen LogP contribution in [-0.2, 0) is 13.3 Å². The summed E-state index contributed by atoms with van der Waals surface area (Å²) in [5.41, 5.74) is 0. The fourth-order valence-corrected chi connectivity index (χ4v) is 4.52. The molecule has 6 heteroatoms. The highest BCUT2D eigenvalue weighted by atomic mass is 28.4. The van der Waals surface area contributed by atoms with E-state index in [0.717, 1.165) is 38.6 Å². The number of unbranched alkanes of at least 4 members (excludes halogenated alkanes) is 7. The van der Waals surface area contributed by atoms with E-state index in [0.29, 0.717) is 0 Å². The maximum absolute atomic E-state index is 5.41. The maximum Gasteiger partial charge on any atom is 0.500 e. The van der Waals surface area contributed by atoms with E-state index in [-0.39, 0.29) is 0 Å². The Bertz CT molecular complexity index is 246. The Hall–Kier alpha value is 0.0169. The number of hydrogen-bond donors (Lipinski definition) is 2. The summed E-state index contributed by atoms with van der Waals surface area (Å²) in [6, 6.07) is 0.856. The van der Waals surface area contributed by atoms with Gasteiger partial charge in [0, 0.05) is 40.5 Å². The zero-order valence-electron chi connectivity index (χ0n) is 16.6. The average molecular weight is 363 g/mol. The molecule has 146 valence electrons. The van der Waals surface area contributed by atoms with E-state index >= 15 is 0 Å². The van der Waals surface area contributed by atoms with Crippen molar-refractivity contribution in [2.45, 2.75) is 70.8 Å². The van der Waals surface area contributed by atoms with Crippen molar-refractivity contribution in [3.8, 4) is 0 Å². The molecule has 0 unspecified atom stereocenters. The van der Waals surface area contributed by atoms with Crippen molar-refractivity contribution < 1.29 is 13.3 Å². The molecule has 0 heterocycles. The van der Waals surface area contributed by atoms with Gasteiger partial charge in [0.05, 0.1) is 0 Å². The zero-order valence-corrected chi connectivity index (χ0v) is 17.6. The lowest BCUT2D eigenvalue weighted by Crippen LogP contribution is -2.43. The highest BCUT2D eigenvalue weighted by molar-refractivity contribution is 6.60. The molecule has 0 aliphatic rings. The Morgan fingerprint density at radius 1 is 0.583 bits per heavy atom. The Labute approximate surface area is 151 Å². The molecule has 2 N–H and O–H groups in total. The number of hydrogen-bond acceptors (Lipinski definition) is 5. The van der Waals surface area contributed by atoms with Crippen molar-refractivity contribution in [3.63, 3.8) is 0 Å². The van der Waals surface area contributed by atoms with Crippen LogP contribution in [0.2, 0.25) is 6.04 Å². The molecule has 0 aliphatic heterocycles. The second-order valence-corrected chi connectivity index (χ2v) is 9.46. The van der Waals surface area contributed by atoms with Gasteiger partial charge < -0.3 is 23.9 Å². The third-order valence-electron chi connectivity index (χ3n) is 4.46. The van der Waals surface area contributed by atoms with Gasteiger partial charge in [0.2, 0.25) is 0 Å². The van der Waals surface area contributed by atoms with E-state index in [4.69, 9.17) is 13.3 Å². The minimum Gasteiger partial charge on any atom is -0.377 e. The van der Waals surface area contributed by atoms with Crippen molar-refractivity contribution in [1.29, 1.82) is 0 Å². The van der Waals surface area contributed by atoms with Crippen LogP contribution in [0.4, 0.5) is 0 Å². The summed E-state index contributed by atoms with van der Waals surface area (Å²) in [5.74, 6) is 0. The molecule has 0 saturated carbocycles. The molecule has 0 aromatic heterocycles. The largest absolute Gasteiger partial charge is 0.500 e. The predicted molar refractivity (Wildman–Crippen MR) is 105 cm³/mol. The Balaban J connectivity index is 3.23. The molecule has 0 rings (SSSR count). The topological polar surface area (TPSA) is 51.8 Å². The SMILES string of the molecule is CCCCCCCCCCNCCNCCC[Si](OC)(OC)OC. The van der Waals surface area contributed by atoms with Crippen LogP contribution in [0.15, 0.2) is 0 Å². The number of rotatable bonds is 19. The van der Waals surface area contributed by atoms with E-state index in [2.05, 4.69) is 17.6 Å². The Morgan fingerprint density at radius 3 is 1.54 bits per heavy atom.